The number of hydrogen-bond acceptors (Lipinski definition) is 7. The van der Waals surface area contributed by atoms with E-state index < -0.39 is 11.7 Å². The molecule has 11 heteroatoms. The van der Waals surface area contributed by atoms with Crippen molar-refractivity contribution in [2.75, 3.05) is 7.11 Å². The van der Waals surface area contributed by atoms with E-state index >= 15 is 0 Å². The molecule has 38 heavy (non-hydrogen) atoms. The predicted molar refractivity (Wildman–Crippen MR) is 142 cm³/mol. The van der Waals surface area contributed by atoms with Gasteiger partial charge >= 0.3 is 0 Å². The molecule has 1 amide bonds. The number of ether oxygens (including phenoxy) is 2. The van der Waals surface area contributed by atoms with Gasteiger partial charge in [-0.1, -0.05) is 24.3 Å². The van der Waals surface area contributed by atoms with Crippen molar-refractivity contribution in [2.45, 2.75) is 6.54 Å². The second-order valence-corrected chi connectivity index (χ2v) is 8.39. The third kappa shape index (κ3) is 5.02. The second kappa shape index (κ2) is 10.7. The third-order valence-corrected chi connectivity index (χ3v) is 5.84. The molecule has 9 nitrogen and oxygen atoms in total. The van der Waals surface area contributed by atoms with Gasteiger partial charge in [-0.2, -0.15) is 14.5 Å². The number of nitrogens with zero attached hydrogens (tertiary/aromatic N) is 4. The van der Waals surface area contributed by atoms with E-state index in [1.54, 1.807) is 53.1 Å². The molecule has 0 aliphatic carbocycles. The Labute approximate surface area is 220 Å². The molecule has 5 rings (SSSR count). The molecule has 0 fully saturated rings. The minimum atomic E-state index is -0.801. The number of nitrogens with one attached hydrogen (secondary N) is 1. The van der Waals surface area contributed by atoms with Crippen LogP contribution >= 0.6 is 11.6 Å². The molecule has 2 aromatic heterocycles. The van der Waals surface area contributed by atoms with Crippen LogP contribution in [0.25, 0.3) is 21.8 Å². The van der Waals surface area contributed by atoms with E-state index in [4.69, 9.17) is 21.1 Å². The smallest absolute Gasteiger partial charge is 0.260 e. The number of fused-ring (bicyclic) bond motifs is 2. The summed E-state index contributed by atoms with van der Waals surface area (Å²) in [6.45, 7) is -0.0661. The number of aromatic nitrogens is 3. The summed E-state index contributed by atoms with van der Waals surface area (Å²) in [5, 5.41) is 4.90. The summed E-state index contributed by atoms with van der Waals surface area (Å²) < 4.78 is 26.6. The molecule has 0 aliphatic rings. The first kappa shape index (κ1) is 24.8. The van der Waals surface area contributed by atoms with Crippen molar-refractivity contribution in [3.63, 3.8) is 0 Å². The fourth-order valence-corrected chi connectivity index (χ4v) is 4.09. The average molecular weight is 532 g/mol. The Morgan fingerprint density at radius 3 is 2.45 bits per heavy atom. The molecule has 2 heterocycles. The molecule has 1 N–H and O–H groups in total. The van der Waals surface area contributed by atoms with E-state index in [2.05, 4.69) is 20.5 Å². The Balaban J connectivity index is 1.37. The second-order valence-electron chi connectivity index (χ2n) is 8.05. The molecule has 3 aromatic carbocycles. The number of rotatable bonds is 7. The first-order valence-corrected chi connectivity index (χ1v) is 11.7. The minimum absolute atomic E-state index is 0.0661. The summed E-state index contributed by atoms with van der Waals surface area (Å²) in [6, 6.07) is 19.1. The molecule has 0 unspecified atom stereocenters. The Kier molecular flexibility index (Phi) is 6.96. The highest BCUT2D eigenvalue weighted by Gasteiger charge is 2.14. The summed E-state index contributed by atoms with van der Waals surface area (Å²) in [7, 11) is 1.43. The summed E-state index contributed by atoms with van der Waals surface area (Å²) in [6.07, 6.45) is 2.29. The van der Waals surface area contributed by atoms with Crippen LogP contribution in [0.15, 0.2) is 82.8 Å². The lowest BCUT2D eigenvalue weighted by Crippen LogP contribution is -2.25. The number of amides is 1. The van der Waals surface area contributed by atoms with Crippen LogP contribution in [-0.4, -0.2) is 33.8 Å². The molecule has 5 aromatic rings. The number of hydrogen-bond donors (Lipinski definition) is 1. The van der Waals surface area contributed by atoms with Gasteiger partial charge < -0.3 is 14.0 Å². The SMILES string of the molecule is COc1ccc(/C=N/NC(=O)Cn2c3ccccc3c(=O)c3ccccc32)cc1Oc1nc(Cl)ncc1F. The van der Waals surface area contributed by atoms with Crippen LogP contribution in [-0.2, 0) is 11.3 Å². The van der Waals surface area contributed by atoms with Gasteiger partial charge in [0.1, 0.15) is 6.54 Å². The van der Waals surface area contributed by atoms with Gasteiger partial charge in [-0.3, -0.25) is 9.59 Å². The monoisotopic (exact) mass is 531 g/mol. The van der Waals surface area contributed by atoms with E-state index in [9.17, 15) is 14.0 Å². The molecule has 0 aliphatic heterocycles. The minimum Gasteiger partial charge on any atom is -0.493 e. The maximum absolute atomic E-state index is 14.0. The number of halogens is 2. The zero-order chi connectivity index (χ0) is 26.6. The molecule has 0 saturated carbocycles. The molecule has 190 valence electrons. The van der Waals surface area contributed by atoms with Crippen LogP contribution in [0, 0.1) is 5.82 Å². The van der Waals surface area contributed by atoms with Gasteiger partial charge in [0.05, 0.1) is 30.6 Å². The highest BCUT2D eigenvalue weighted by Crippen LogP contribution is 2.32. The van der Waals surface area contributed by atoms with Gasteiger partial charge in [0, 0.05) is 10.8 Å². The lowest BCUT2D eigenvalue weighted by molar-refractivity contribution is -0.121. The lowest BCUT2D eigenvalue weighted by Gasteiger charge is -2.14. The summed E-state index contributed by atoms with van der Waals surface area (Å²) in [5.41, 5.74) is 4.22. The first-order valence-electron chi connectivity index (χ1n) is 11.3. The van der Waals surface area contributed by atoms with E-state index in [0.717, 1.165) is 6.20 Å². The van der Waals surface area contributed by atoms with Crippen molar-refractivity contribution in [3.05, 3.63) is 99.8 Å². The summed E-state index contributed by atoms with van der Waals surface area (Å²) >= 11 is 5.74. The highest BCUT2D eigenvalue weighted by molar-refractivity contribution is 6.28. The zero-order valence-electron chi connectivity index (χ0n) is 19.9. The molecule has 0 bridgehead atoms. The quantitative estimate of drug-likeness (QED) is 0.141. The number of carbonyl (C=O) groups is 1. The van der Waals surface area contributed by atoms with Crippen molar-refractivity contribution in [3.8, 4) is 17.4 Å². The predicted octanol–water partition coefficient (Wildman–Crippen LogP) is 4.69. The van der Waals surface area contributed by atoms with Crippen LogP contribution in [0.3, 0.4) is 0 Å². The Hall–Kier alpha value is -4.83. The maximum atomic E-state index is 14.0. The maximum Gasteiger partial charge on any atom is 0.260 e. The van der Waals surface area contributed by atoms with Crippen molar-refractivity contribution in [1.29, 1.82) is 0 Å². The number of methoxy groups -OCH3 is 1. The van der Waals surface area contributed by atoms with Crippen molar-refractivity contribution < 1.29 is 18.7 Å². The third-order valence-electron chi connectivity index (χ3n) is 5.66. The van der Waals surface area contributed by atoms with Crippen LogP contribution in [0.5, 0.6) is 17.4 Å². The van der Waals surface area contributed by atoms with Gasteiger partial charge in [-0.15, -0.1) is 0 Å². The van der Waals surface area contributed by atoms with E-state index in [-0.39, 0.29) is 28.9 Å². The van der Waals surface area contributed by atoms with Crippen LogP contribution in [0.1, 0.15) is 5.56 Å². The average Bonchev–Trinajstić information content (AvgIpc) is 2.93. The van der Waals surface area contributed by atoms with Crippen molar-refractivity contribution in [2.24, 2.45) is 5.10 Å². The van der Waals surface area contributed by atoms with Gasteiger partial charge in [-0.25, -0.2) is 10.4 Å². The Morgan fingerprint density at radius 2 is 1.76 bits per heavy atom. The molecular formula is C27H19ClFN5O4. The molecular weight excluding hydrogens is 513 g/mol. The van der Waals surface area contributed by atoms with Gasteiger partial charge in [-0.05, 0) is 59.6 Å². The molecule has 0 atom stereocenters. The number of para-hydroxylation sites is 2. The van der Waals surface area contributed by atoms with E-state index in [1.807, 2.05) is 12.1 Å². The van der Waals surface area contributed by atoms with Crippen molar-refractivity contribution in [1.82, 2.24) is 20.0 Å². The fourth-order valence-electron chi connectivity index (χ4n) is 3.97. The Morgan fingerprint density at radius 1 is 1.08 bits per heavy atom. The number of benzene rings is 3. The largest absolute Gasteiger partial charge is 0.493 e. The Bertz CT molecular complexity index is 1710. The number of carbonyl (C=O) groups excluding carboxylic acids is 1. The summed E-state index contributed by atoms with van der Waals surface area (Å²) in [5.74, 6) is -1.10. The molecule has 0 saturated heterocycles. The summed E-state index contributed by atoms with van der Waals surface area (Å²) in [4.78, 5) is 33.0. The van der Waals surface area contributed by atoms with Crippen molar-refractivity contribution >= 4 is 45.5 Å². The van der Waals surface area contributed by atoms with Crippen LogP contribution in [0.2, 0.25) is 5.28 Å². The highest BCUT2D eigenvalue weighted by atomic mass is 35.5. The lowest BCUT2D eigenvalue weighted by atomic mass is 10.1. The standard InChI is InChI=1S/C27H19ClFN5O4/c1-37-22-11-10-16(12-23(22)38-26-19(29)14-30-27(28)32-26)13-31-33-24(35)15-34-20-8-4-2-6-17(20)25(36)18-7-3-5-9-21(18)34/h2-14H,15H2,1H3,(H,33,35)/b31-13+. The number of hydrazone groups is 1. The van der Waals surface area contributed by atoms with Crippen LogP contribution < -0.4 is 20.3 Å². The van der Waals surface area contributed by atoms with Gasteiger partial charge in [0.15, 0.2) is 16.9 Å². The van der Waals surface area contributed by atoms with E-state index in [0.29, 0.717) is 33.1 Å². The molecule has 0 radical (unpaired) electrons. The fraction of sp³-hybridized carbons (Fsp3) is 0.0741. The normalized spacial score (nSPS) is 11.2. The number of pyridine rings is 1. The molecule has 0 spiro atoms. The van der Waals surface area contributed by atoms with Crippen LogP contribution in [0.4, 0.5) is 4.39 Å². The first-order chi connectivity index (χ1) is 18.4. The van der Waals surface area contributed by atoms with Gasteiger partial charge in [0.2, 0.25) is 11.1 Å². The topological polar surface area (TPSA) is 108 Å². The zero-order valence-corrected chi connectivity index (χ0v) is 20.6. The van der Waals surface area contributed by atoms with E-state index in [1.165, 1.54) is 19.4 Å². The van der Waals surface area contributed by atoms with Gasteiger partial charge in [0.25, 0.3) is 11.8 Å².